The molecule has 2 nitrogen and oxygen atoms in total. The fourth-order valence-corrected chi connectivity index (χ4v) is 3.75. The van der Waals surface area contributed by atoms with Crippen LogP contribution in [0.5, 0.6) is 0 Å². The van der Waals surface area contributed by atoms with E-state index >= 15 is 0 Å². The largest absolute Gasteiger partial charge is 0.396 e. The van der Waals surface area contributed by atoms with Gasteiger partial charge in [-0.2, -0.15) is 0 Å². The Morgan fingerprint density at radius 3 is 3.12 bits per heavy atom. The van der Waals surface area contributed by atoms with E-state index in [2.05, 4.69) is 13.0 Å². The summed E-state index contributed by atoms with van der Waals surface area (Å²) in [4.78, 5) is 2.90. The lowest BCUT2D eigenvalue weighted by Crippen LogP contribution is -2.08. The average Bonchev–Trinajstić information content (AvgIpc) is 2.70. The number of ether oxygens (including phenoxy) is 1. The second-order valence-electron chi connectivity index (χ2n) is 4.70. The average molecular weight is 240 g/mol. The highest BCUT2D eigenvalue weighted by Gasteiger charge is 2.22. The molecule has 0 aromatic carbocycles. The second kappa shape index (κ2) is 5.30. The molecule has 0 radical (unpaired) electrons. The topological polar surface area (TPSA) is 29.5 Å². The monoisotopic (exact) mass is 240 g/mol. The standard InChI is InChI=1S/C13H20O2S/c1-9(8-14)6-10-7-11-12(15-2)4-3-5-13(11)16-10/h7,9,12,14H,3-6,8H2,1-2H3. The van der Waals surface area contributed by atoms with Gasteiger partial charge >= 0.3 is 0 Å². The van der Waals surface area contributed by atoms with Crippen molar-refractivity contribution in [3.8, 4) is 0 Å². The van der Waals surface area contributed by atoms with Gasteiger partial charge in [0.25, 0.3) is 0 Å². The molecular formula is C13H20O2S. The van der Waals surface area contributed by atoms with Crippen LogP contribution in [-0.2, 0) is 17.6 Å². The molecule has 1 aliphatic carbocycles. The van der Waals surface area contributed by atoms with Gasteiger partial charge < -0.3 is 9.84 Å². The zero-order chi connectivity index (χ0) is 11.5. The fourth-order valence-electron chi connectivity index (χ4n) is 2.33. The van der Waals surface area contributed by atoms with Crippen LogP contribution in [0.15, 0.2) is 6.07 Å². The van der Waals surface area contributed by atoms with Gasteiger partial charge in [-0.25, -0.2) is 0 Å². The first-order chi connectivity index (χ1) is 7.74. The minimum absolute atomic E-state index is 0.274. The molecule has 1 aliphatic rings. The number of rotatable bonds is 4. The van der Waals surface area contributed by atoms with E-state index in [1.165, 1.54) is 28.2 Å². The van der Waals surface area contributed by atoms with Crippen molar-refractivity contribution in [3.05, 3.63) is 21.4 Å². The van der Waals surface area contributed by atoms with E-state index in [9.17, 15) is 0 Å². The summed E-state index contributed by atoms with van der Waals surface area (Å²) >= 11 is 1.91. The Morgan fingerprint density at radius 2 is 2.44 bits per heavy atom. The third-order valence-electron chi connectivity index (χ3n) is 3.26. The molecule has 0 saturated carbocycles. The molecule has 0 amide bonds. The fraction of sp³-hybridized carbons (Fsp3) is 0.692. The number of fused-ring (bicyclic) bond motifs is 1. The number of aliphatic hydroxyl groups excluding tert-OH is 1. The summed E-state index contributed by atoms with van der Waals surface area (Å²) < 4.78 is 5.52. The van der Waals surface area contributed by atoms with Crippen LogP contribution in [0, 0.1) is 5.92 Å². The number of thiophene rings is 1. The van der Waals surface area contributed by atoms with Crippen LogP contribution in [0.25, 0.3) is 0 Å². The molecule has 1 heterocycles. The predicted octanol–water partition coefficient (Wildman–Crippen LogP) is 2.94. The van der Waals surface area contributed by atoms with Crippen molar-refractivity contribution in [2.24, 2.45) is 5.92 Å². The Labute approximate surface area is 101 Å². The van der Waals surface area contributed by atoms with Crippen molar-refractivity contribution in [1.29, 1.82) is 0 Å². The molecule has 1 aromatic rings. The molecule has 90 valence electrons. The zero-order valence-corrected chi connectivity index (χ0v) is 10.8. The summed E-state index contributed by atoms with van der Waals surface area (Å²) in [5, 5.41) is 9.08. The lowest BCUT2D eigenvalue weighted by atomic mass is 9.95. The first kappa shape index (κ1) is 12.1. The molecule has 2 rings (SSSR count). The Kier molecular flexibility index (Phi) is 4.00. The Balaban J connectivity index is 2.15. The van der Waals surface area contributed by atoms with Gasteiger partial charge in [-0.1, -0.05) is 6.92 Å². The summed E-state index contributed by atoms with van der Waals surface area (Å²) in [6.45, 7) is 2.36. The summed E-state index contributed by atoms with van der Waals surface area (Å²) in [7, 11) is 1.80. The van der Waals surface area contributed by atoms with Gasteiger partial charge in [0.05, 0.1) is 6.10 Å². The van der Waals surface area contributed by atoms with Crippen molar-refractivity contribution in [2.45, 2.75) is 38.7 Å². The van der Waals surface area contributed by atoms with Crippen LogP contribution in [0.4, 0.5) is 0 Å². The molecule has 0 aliphatic heterocycles. The van der Waals surface area contributed by atoms with Crippen LogP contribution in [0.3, 0.4) is 0 Å². The van der Waals surface area contributed by atoms with Crippen LogP contribution < -0.4 is 0 Å². The summed E-state index contributed by atoms with van der Waals surface area (Å²) in [6, 6.07) is 2.29. The van der Waals surface area contributed by atoms with Crippen molar-refractivity contribution < 1.29 is 9.84 Å². The van der Waals surface area contributed by atoms with Gasteiger partial charge in [-0.15, -0.1) is 11.3 Å². The maximum atomic E-state index is 9.08. The van der Waals surface area contributed by atoms with E-state index < -0.39 is 0 Å². The minimum atomic E-state index is 0.274. The second-order valence-corrected chi connectivity index (χ2v) is 5.92. The summed E-state index contributed by atoms with van der Waals surface area (Å²) in [6.07, 6.45) is 4.88. The van der Waals surface area contributed by atoms with Gasteiger partial charge in [0.1, 0.15) is 0 Å². The number of hydrogen-bond acceptors (Lipinski definition) is 3. The Bertz CT molecular complexity index is 346. The highest BCUT2D eigenvalue weighted by atomic mass is 32.1. The molecule has 2 atom stereocenters. The lowest BCUT2D eigenvalue weighted by molar-refractivity contribution is 0.0888. The first-order valence-electron chi connectivity index (χ1n) is 5.99. The minimum Gasteiger partial charge on any atom is -0.396 e. The normalized spacial score (nSPS) is 21.8. The molecule has 1 N–H and O–H groups in total. The lowest BCUT2D eigenvalue weighted by Gasteiger charge is -2.20. The molecule has 1 aromatic heterocycles. The highest BCUT2D eigenvalue weighted by molar-refractivity contribution is 7.12. The van der Waals surface area contributed by atoms with Gasteiger partial charge in [0.2, 0.25) is 0 Å². The summed E-state index contributed by atoms with van der Waals surface area (Å²) in [5.74, 6) is 0.362. The number of hydrogen-bond donors (Lipinski definition) is 1. The Morgan fingerprint density at radius 1 is 1.62 bits per heavy atom. The maximum Gasteiger partial charge on any atom is 0.0832 e. The van der Waals surface area contributed by atoms with Crippen molar-refractivity contribution in [1.82, 2.24) is 0 Å². The molecule has 2 unspecified atom stereocenters. The van der Waals surface area contributed by atoms with Gasteiger partial charge in [0.15, 0.2) is 0 Å². The molecule has 0 fully saturated rings. The quantitative estimate of drug-likeness (QED) is 0.877. The van der Waals surface area contributed by atoms with Crippen LogP contribution in [0.1, 0.15) is 41.2 Å². The van der Waals surface area contributed by atoms with E-state index in [0.717, 1.165) is 12.8 Å². The number of methoxy groups -OCH3 is 1. The van der Waals surface area contributed by atoms with E-state index in [4.69, 9.17) is 9.84 Å². The smallest absolute Gasteiger partial charge is 0.0832 e. The first-order valence-corrected chi connectivity index (χ1v) is 6.81. The van der Waals surface area contributed by atoms with Crippen LogP contribution in [-0.4, -0.2) is 18.8 Å². The van der Waals surface area contributed by atoms with Crippen molar-refractivity contribution >= 4 is 11.3 Å². The SMILES string of the molecule is COC1CCCc2sc(CC(C)CO)cc21. The molecule has 0 saturated heterocycles. The van der Waals surface area contributed by atoms with E-state index in [0.29, 0.717) is 12.0 Å². The van der Waals surface area contributed by atoms with Gasteiger partial charge in [-0.05, 0) is 43.2 Å². The van der Waals surface area contributed by atoms with Gasteiger partial charge in [-0.3, -0.25) is 0 Å². The van der Waals surface area contributed by atoms with Gasteiger partial charge in [0, 0.05) is 23.5 Å². The summed E-state index contributed by atoms with van der Waals surface area (Å²) in [5.41, 5.74) is 1.40. The Hall–Kier alpha value is -0.380. The molecule has 16 heavy (non-hydrogen) atoms. The van der Waals surface area contributed by atoms with Crippen LogP contribution in [0.2, 0.25) is 0 Å². The predicted molar refractivity (Wildman–Crippen MR) is 67.0 cm³/mol. The van der Waals surface area contributed by atoms with Crippen molar-refractivity contribution in [3.63, 3.8) is 0 Å². The highest BCUT2D eigenvalue weighted by Crippen LogP contribution is 2.38. The third kappa shape index (κ3) is 2.47. The molecule has 0 spiro atoms. The zero-order valence-electron chi connectivity index (χ0n) is 10.0. The van der Waals surface area contributed by atoms with E-state index in [1.807, 2.05) is 11.3 Å². The van der Waals surface area contributed by atoms with E-state index in [-0.39, 0.29) is 6.61 Å². The van der Waals surface area contributed by atoms with Crippen molar-refractivity contribution in [2.75, 3.05) is 13.7 Å². The maximum absolute atomic E-state index is 9.08. The number of aryl methyl sites for hydroxylation is 1. The van der Waals surface area contributed by atoms with E-state index in [1.54, 1.807) is 7.11 Å². The molecule has 0 bridgehead atoms. The number of aliphatic hydroxyl groups is 1. The molecule has 3 heteroatoms. The van der Waals surface area contributed by atoms with Crippen LogP contribution >= 0.6 is 11.3 Å². The third-order valence-corrected chi connectivity index (χ3v) is 4.49. The molecular weight excluding hydrogens is 220 g/mol.